The van der Waals surface area contributed by atoms with Crippen molar-refractivity contribution in [2.75, 3.05) is 0 Å². The van der Waals surface area contributed by atoms with Crippen LogP contribution in [-0.4, -0.2) is 5.11 Å². The second kappa shape index (κ2) is 5.72. The average Bonchev–Trinajstić information content (AvgIpc) is 2.70. The molecule has 2 aromatic rings. The number of thiophene rings is 1. The SMILES string of the molecule is OC(Cc1cc(Cl)ccc1Cl)c1csc(Br)c1. The third-order valence-electron chi connectivity index (χ3n) is 2.39. The van der Waals surface area contributed by atoms with E-state index in [1.165, 1.54) is 0 Å². The largest absolute Gasteiger partial charge is 0.388 e. The van der Waals surface area contributed by atoms with Crippen molar-refractivity contribution in [2.45, 2.75) is 12.5 Å². The summed E-state index contributed by atoms with van der Waals surface area (Å²) >= 11 is 16.9. The molecule has 1 atom stereocenters. The molecule has 1 nitrogen and oxygen atoms in total. The molecule has 0 aliphatic carbocycles. The number of aliphatic hydroxyl groups is 1. The molecule has 0 bridgehead atoms. The summed E-state index contributed by atoms with van der Waals surface area (Å²) in [7, 11) is 0. The molecule has 0 amide bonds. The molecule has 0 saturated carbocycles. The van der Waals surface area contributed by atoms with E-state index < -0.39 is 6.10 Å². The van der Waals surface area contributed by atoms with Crippen LogP contribution in [0.25, 0.3) is 0 Å². The highest BCUT2D eigenvalue weighted by atomic mass is 79.9. The van der Waals surface area contributed by atoms with Crippen molar-refractivity contribution in [1.82, 2.24) is 0 Å². The minimum Gasteiger partial charge on any atom is -0.388 e. The molecule has 0 fully saturated rings. The summed E-state index contributed by atoms with van der Waals surface area (Å²) in [6.45, 7) is 0. The monoisotopic (exact) mass is 350 g/mol. The highest BCUT2D eigenvalue weighted by Gasteiger charge is 2.12. The second-order valence-corrected chi connectivity index (χ2v) is 6.77. The van der Waals surface area contributed by atoms with Gasteiger partial charge in [0.1, 0.15) is 0 Å². The molecule has 0 saturated heterocycles. The summed E-state index contributed by atoms with van der Waals surface area (Å²) in [6, 6.07) is 7.18. The first-order chi connectivity index (χ1) is 8.06. The predicted molar refractivity (Wildman–Crippen MR) is 77.1 cm³/mol. The van der Waals surface area contributed by atoms with Gasteiger partial charge in [-0.1, -0.05) is 23.2 Å². The van der Waals surface area contributed by atoms with Crippen LogP contribution in [0.1, 0.15) is 17.2 Å². The summed E-state index contributed by atoms with van der Waals surface area (Å²) in [5.41, 5.74) is 1.74. The summed E-state index contributed by atoms with van der Waals surface area (Å²) in [5, 5.41) is 13.3. The Bertz CT molecular complexity index is 527. The third-order valence-corrected chi connectivity index (χ3v) is 4.52. The van der Waals surface area contributed by atoms with Gasteiger partial charge >= 0.3 is 0 Å². The lowest BCUT2D eigenvalue weighted by Gasteiger charge is -2.10. The zero-order valence-electron chi connectivity index (χ0n) is 8.66. The fraction of sp³-hybridized carbons (Fsp3) is 0.167. The molecule has 0 spiro atoms. The Balaban J connectivity index is 2.18. The Morgan fingerprint density at radius 3 is 2.71 bits per heavy atom. The average molecular weight is 352 g/mol. The van der Waals surface area contributed by atoms with E-state index in [0.717, 1.165) is 14.9 Å². The fourth-order valence-electron chi connectivity index (χ4n) is 1.52. The predicted octanol–water partition coefficient (Wildman–Crippen LogP) is 5.09. The van der Waals surface area contributed by atoms with Gasteiger partial charge in [0.25, 0.3) is 0 Å². The molecule has 90 valence electrons. The Hall–Kier alpha value is -0.0600. The van der Waals surface area contributed by atoms with E-state index in [-0.39, 0.29) is 0 Å². The molecule has 1 aromatic carbocycles. The van der Waals surface area contributed by atoms with Crippen molar-refractivity contribution in [1.29, 1.82) is 0 Å². The van der Waals surface area contributed by atoms with Gasteiger partial charge in [-0.25, -0.2) is 0 Å². The summed E-state index contributed by atoms with van der Waals surface area (Å²) in [4.78, 5) is 0. The Kier molecular flexibility index (Phi) is 4.50. The van der Waals surface area contributed by atoms with Gasteiger partial charge in [-0.15, -0.1) is 11.3 Å². The fourth-order valence-corrected chi connectivity index (χ4v) is 3.14. The van der Waals surface area contributed by atoms with Gasteiger partial charge in [-0.3, -0.25) is 0 Å². The van der Waals surface area contributed by atoms with Crippen LogP contribution in [0.4, 0.5) is 0 Å². The maximum atomic E-state index is 10.1. The van der Waals surface area contributed by atoms with Gasteiger partial charge in [0.05, 0.1) is 9.89 Å². The lowest BCUT2D eigenvalue weighted by atomic mass is 10.0. The molecular formula is C12H9BrCl2OS. The van der Waals surface area contributed by atoms with Crippen LogP contribution >= 0.6 is 50.5 Å². The van der Waals surface area contributed by atoms with Crippen LogP contribution in [0.15, 0.2) is 33.4 Å². The van der Waals surface area contributed by atoms with E-state index in [1.54, 1.807) is 29.5 Å². The summed E-state index contributed by atoms with van der Waals surface area (Å²) < 4.78 is 1.00. The van der Waals surface area contributed by atoms with Crippen molar-refractivity contribution in [3.8, 4) is 0 Å². The van der Waals surface area contributed by atoms with Crippen molar-refractivity contribution >= 4 is 50.5 Å². The van der Waals surface area contributed by atoms with Crippen molar-refractivity contribution in [2.24, 2.45) is 0 Å². The van der Waals surface area contributed by atoms with Crippen molar-refractivity contribution < 1.29 is 5.11 Å². The van der Waals surface area contributed by atoms with Gasteiger partial charge in [0.15, 0.2) is 0 Å². The number of rotatable bonds is 3. The zero-order valence-corrected chi connectivity index (χ0v) is 12.6. The van der Waals surface area contributed by atoms with E-state index >= 15 is 0 Å². The Morgan fingerprint density at radius 2 is 2.06 bits per heavy atom. The quantitative estimate of drug-likeness (QED) is 0.816. The first kappa shape index (κ1) is 13.4. The van der Waals surface area contributed by atoms with Gasteiger partial charge < -0.3 is 5.11 Å². The maximum Gasteiger partial charge on any atom is 0.0839 e. The molecular weight excluding hydrogens is 343 g/mol. The minimum absolute atomic E-state index is 0.461. The Morgan fingerprint density at radius 1 is 1.29 bits per heavy atom. The number of aliphatic hydroxyl groups excluding tert-OH is 1. The van der Waals surface area contributed by atoms with Gasteiger partial charge in [-0.2, -0.15) is 0 Å². The van der Waals surface area contributed by atoms with Crippen LogP contribution in [0.5, 0.6) is 0 Å². The molecule has 2 rings (SSSR count). The van der Waals surface area contributed by atoms with Gasteiger partial charge in [-0.05, 0) is 56.7 Å². The van der Waals surface area contributed by atoms with E-state index in [1.807, 2.05) is 11.4 Å². The van der Waals surface area contributed by atoms with Crippen molar-refractivity contribution in [3.05, 3.63) is 54.6 Å². The number of halogens is 3. The summed E-state index contributed by atoms with van der Waals surface area (Å²) in [5.74, 6) is 0. The van der Waals surface area contributed by atoms with Crippen LogP contribution in [-0.2, 0) is 6.42 Å². The number of hydrogen-bond acceptors (Lipinski definition) is 2. The molecule has 0 radical (unpaired) electrons. The first-order valence-electron chi connectivity index (χ1n) is 4.92. The molecule has 1 heterocycles. The molecule has 17 heavy (non-hydrogen) atoms. The highest BCUT2D eigenvalue weighted by Crippen LogP contribution is 2.30. The standard InChI is InChI=1S/C12H9BrCl2OS/c13-12-5-8(6-17-12)11(16)4-7-3-9(14)1-2-10(7)15/h1-3,5-6,11,16H,4H2. The minimum atomic E-state index is -0.562. The van der Waals surface area contributed by atoms with Crippen LogP contribution in [0.3, 0.4) is 0 Å². The lowest BCUT2D eigenvalue weighted by Crippen LogP contribution is -2.00. The van der Waals surface area contributed by atoms with Crippen LogP contribution in [0, 0.1) is 0 Å². The highest BCUT2D eigenvalue weighted by molar-refractivity contribution is 9.11. The van der Waals surface area contributed by atoms with E-state index in [4.69, 9.17) is 23.2 Å². The molecule has 1 unspecified atom stereocenters. The third kappa shape index (κ3) is 3.46. The molecule has 5 heteroatoms. The number of hydrogen-bond donors (Lipinski definition) is 1. The van der Waals surface area contributed by atoms with Gasteiger partial charge in [0, 0.05) is 16.5 Å². The van der Waals surface area contributed by atoms with Gasteiger partial charge in [0.2, 0.25) is 0 Å². The Labute approximate surface area is 122 Å². The lowest BCUT2D eigenvalue weighted by molar-refractivity contribution is 0.179. The number of benzene rings is 1. The second-order valence-electron chi connectivity index (χ2n) is 3.64. The smallest absolute Gasteiger partial charge is 0.0839 e. The van der Waals surface area contributed by atoms with E-state index in [0.29, 0.717) is 16.5 Å². The van der Waals surface area contributed by atoms with Crippen LogP contribution < -0.4 is 0 Å². The molecule has 0 aliphatic heterocycles. The molecule has 0 aliphatic rings. The first-order valence-corrected chi connectivity index (χ1v) is 7.35. The van der Waals surface area contributed by atoms with Crippen LogP contribution in [0.2, 0.25) is 10.0 Å². The van der Waals surface area contributed by atoms with E-state index in [9.17, 15) is 5.11 Å². The topological polar surface area (TPSA) is 20.2 Å². The molecule has 1 aromatic heterocycles. The molecule has 1 N–H and O–H groups in total. The normalized spacial score (nSPS) is 12.7. The zero-order chi connectivity index (χ0) is 12.4. The summed E-state index contributed by atoms with van der Waals surface area (Å²) in [6.07, 6.45) is -0.101. The maximum absolute atomic E-state index is 10.1. The van der Waals surface area contributed by atoms with E-state index in [2.05, 4.69) is 15.9 Å². The van der Waals surface area contributed by atoms with Crippen molar-refractivity contribution in [3.63, 3.8) is 0 Å².